The molecule has 2 aromatic rings. The molecule has 0 bridgehead atoms. The molecule has 2 aromatic carbocycles. The number of primary sulfonamides is 1. The third-order valence-corrected chi connectivity index (χ3v) is 4.45. The highest BCUT2D eigenvalue weighted by Gasteiger charge is 2.13. The Bertz CT molecular complexity index is 830. The predicted octanol–water partition coefficient (Wildman–Crippen LogP) is 3.01. The average molecular weight is 362 g/mol. The summed E-state index contributed by atoms with van der Waals surface area (Å²) in [6.07, 6.45) is 0.894. The molecule has 0 unspecified atom stereocenters. The molecule has 134 valence electrons. The van der Waals surface area contributed by atoms with Crippen LogP contribution in [-0.4, -0.2) is 20.9 Å². The van der Waals surface area contributed by atoms with Gasteiger partial charge in [0.1, 0.15) is 5.75 Å². The summed E-state index contributed by atoms with van der Waals surface area (Å²) in [6.45, 7) is 4.74. The Hall–Kier alpha value is -2.38. The number of carbonyl (C=O) groups is 1. The first kappa shape index (κ1) is 19.0. The van der Waals surface area contributed by atoms with Crippen molar-refractivity contribution in [2.45, 2.75) is 25.2 Å². The summed E-state index contributed by atoms with van der Waals surface area (Å²) in [6, 6.07) is 12.7. The molecule has 0 aliphatic heterocycles. The minimum Gasteiger partial charge on any atom is -0.493 e. The second-order valence-corrected chi connectivity index (χ2v) is 7.61. The Morgan fingerprint density at radius 2 is 1.76 bits per heavy atom. The van der Waals surface area contributed by atoms with Crippen LogP contribution in [0.1, 0.15) is 30.6 Å². The summed E-state index contributed by atoms with van der Waals surface area (Å²) in [5, 5.41) is 7.78. The molecule has 0 spiro atoms. The normalized spacial score (nSPS) is 11.4. The Morgan fingerprint density at radius 3 is 2.36 bits per heavy atom. The fourth-order valence-corrected chi connectivity index (χ4v) is 2.63. The van der Waals surface area contributed by atoms with Crippen LogP contribution in [0, 0.1) is 5.92 Å². The van der Waals surface area contributed by atoms with Crippen molar-refractivity contribution in [1.82, 2.24) is 0 Å². The first-order valence-corrected chi connectivity index (χ1v) is 9.48. The van der Waals surface area contributed by atoms with E-state index in [4.69, 9.17) is 9.88 Å². The Kier molecular flexibility index (Phi) is 6.17. The second-order valence-electron chi connectivity index (χ2n) is 6.05. The first-order chi connectivity index (χ1) is 11.8. The van der Waals surface area contributed by atoms with E-state index in [-0.39, 0.29) is 10.8 Å². The smallest absolute Gasteiger partial charge is 0.259 e. The molecule has 0 atom stereocenters. The van der Waals surface area contributed by atoms with Crippen LogP contribution in [0.5, 0.6) is 5.75 Å². The second kappa shape index (κ2) is 8.13. The standard InChI is InChI=1S/C18H22N2O4S/c1-13(2)11-12-24-17-6-4-3-5-16(17)18(21)20-14-7-9-15(10-8-14)25(19,22)23/h3-10,13H,11-12H2,1-2H3,(H,20,21)(H2,19,22,23). The number of rotatable bonds is 7. The molecule has 0 fully saturated rings. The molecule has 0 saturated heterocycles. The summed E-state index contributed by atoms with van der Waals surface area (Å²) in [5.41, 5.74) is 0.885. The molecule has 0 aliphatic carbocycles. The topological polar surface area (TPSA) is 98.5 Å². The SMILES string of the molecule is CC(C)CCOc1ccccc1C(=O)Nc1ccc(S(N)(=O)=O)cc1. The summed E-state index contributed by atoms with van der Waals surface area (Å²) >= 11 is 0. The van der Waals surface area contributed by atoms with Gasteiger partial charge in [-0.15, -0.1) is 0 Å². The maximum Gasteiger partial charge on any atom is 0.259 e. The van der Waals surface area contributed by atoms with Crippen molar-refractivity contribution >= 4 is 21.6 Å². The number of nitrogens with two attached hydrogens (primary N) is 1. The van der Waals surface area contributed by atoms with Crippen molar-refractivity contribution in [3.8, 4) is 5.75 Å². The van der Waals surface area contributed by atoms with Crippen LogP contribution in [0.15, 0.2) is 53.4 Å². The Labute approximate surface area is 148 Å². The number of para-hydroxylation sites is 1. The van der Waals surface area contributed by atoms with Gasteiger partial charge in [0.2, 0.25) is 10.0 Å². The van der Waals surface area contributed by atoms with Crippen LogP contribution in [0.4, 0.5) is 5.69 Å². The zero-order valence-electron chi connectivity index (χ0n) is 14.2. The predicted molar refractivity (Wildman–Crippen MR) is 97.2 cm³/mol. The highest BCUT2D eigenvalue weighted by Crippen LogP contribution is 2.21. The zero-order valence-corrected chi connectivity index (χ0v) is 15.0. The quantitative estimate of drug-likeness (QED) is 0.791. The van der Waals surface area contributed by atoms with Gasteiger partial charge in [0.25, 0.3) is 5.91 Å². The van der Waals surface area contributed by atoms with Crippen LogP contribution >= 0.6 is 0 Å². The van der Waals surface area contributed by atoms with Gasteiger partial charge in [-0.05, 0) is 48.7 Å². The van der Waals surface area contributed by atoms with E-state index >= 15 is 0 Å². The summed E-state index contributed by atoms with van der Waals surface area (Å²) < 4.78 is 28.2. The molecular formula is C18H22N2O4S. The van der Waals surface area contributed by atoms with Crippen LogP contribution in [-0.2, 0) is 10.0 Å². The highest BCUT2D eigenvalue weighted by molar-refractivity contribution is 7.89. The number of benzene rings is 2. The molecule has 0 radical (unpaired) electrons. The fourth-order valence-electron chi connectivity index (χ4n) is 2.11. The maximum absolute atomic E-state index is 12.5. The fraction of sp³-hybridized carbons (Fsp3) is 0.278. The van der Waals surface area contributed by atoms with Crippen LogP contribution in [0.3, 0.4) is 0 Å². The largest absolute Gasteiger partial charge is 0.493 e. The molecule has 3 N–H and O–H groups in total. The minimum atomic E-state index is -3.76. The third kappa shape index (κ3) is 5.58. The lowest BCUT2D eigenvalue weighted by Crippen LogP contribution is -2.15. The summed E-state index contributed by atoms with van der Waals surface area (Å²) in [5.74, 6) is 0.698. The van der Waals surface area contributed by atoms with Gasteiger partial charge in [0.05, 0.1) is 17.1 Å². The molecule has 0 saturated carbocycles. The van der Waals surface area contributed by atoms with Crippen molar-refractivity contribution in [3.05, 3.63) is 54.1 Å². The molecule has 6 nitrogen and oxygen atoms in total. The van der Waals surface area contributed by atoms with E-state index < -0.39 is 10.0 Å². The van der Waals surface area contributed by atoms with Gasteiger partial charge in [-0.1, -0.05) is 26.0 Å². The van der Waals surface area contributed by atoms with E-state index in [0.29, 0.717) is 29.5 Å². The zero-order chi connectivity index (χ0) is 18.4. The van der Waals surface area contributed by atoms with Crippen LogP contribution in [0.25, 0.3) is 0 Å². The number of sulfonamides is 1. The average Bonchev–Trinajstić information content (AvgIpc) is 2.54. The number of hydrogen-bond acceptors (Lipinski definition) is 4. The monoisotopic (exact) mass is 362 g/mol. The van der Waals surface area contributed by atoms with Gasteiger partial charge in [-0.25, -0.2) is 13.6 Å². The number of hydrogen-bond donors (Lipinski definition) is 2. The summed E-state index contributed by atoms with van der Waals surface area (Å²) in [7, 11) is -3.76. The molecule has 1 amide bonds. The van der Waals surface area contributed by atoms with E-state index in [1.807, 2.05) is 6.07 Å². The lowest BCUT2D eigenvalue weighted by molar-refractivity contribution is 0.102. The lowest BCUT2D eigenvalue weighted by atomic mass is 10.1. The maximum atomic E-state index is 12.5. The first-order valence-electron chi connectivity index (χ1n) is 7.93. The molecule has 0 aromatic heterocycles. The van der Waals surface area contributed by atoms with E-state index in [9.17, 15) is 13.2 Å². The number of ether oxygens (including phenoxy) is 1. The number of nitrogens with one attached hydrogen (secondary N) is 1. The van der Waals surface area contributed by atoms with Gasteiger partial charge in [-0.2, -0.15) is 0 Å². The number of carbonyl (C=O) groups excluding carboxylic acids is 1. The van der Waals surface area contributed by atoms with Gasteiger partial charge >= 0.3 is 0 Å². The van der Waals surface area contributed by atoms with Crippen LogP contribution in [0.2, 0.25) is 0 Å². The van der Waals surface area contributed by atoms with Crippen molar-refractivity contribution in [1.29, 1.82) is 0 Å². The van der Waals surface area contributed by atoms with E-state index in [2.05, 4.69) is 19.2 Å². The van der Waals surface area contributed by atoms with Gasteiger partial charge < -0.3 is 10.1 Å². The molecule has 7 heteroatoms. The van der Waals surface area contributed by atoms with Crippen molar-refractivity contribution in [2.75, 3.05) is 11.9 Å². The molecule has 2 rings (SSSR count). The molecular weight excluding hydrogens is 340 g/mol. The van der Waals surface area contributed by atoms with Gasteiger partial charge in [-0.3, -0.25) is 4.79 Å². The van der Waals surface area contributed by atoms with E-state index in [1.54, 1.807) is 18.2 Å². The third-order valence-electron chi connectivity index (χ3n) is 3.53. The van der Waals surface area contributed by atoms with E-state index in [0.717, 1.165) is 6.42 Å². The Morgan fingerprint density at radius 1 is 1.12 bits per heavy atom. The Balaban J connectivity index is 2.10. The number of amides is 1. The summed E-state index contributed by atoms with van der Waals surface area (Å²) in [4.78, 5) is 12.5. The highest BCUT2D eigenvalue weighted by atomic mass is 32.2. The lowest BCUT2D eigenvalue weighted by Gasteiger charge is -2.12. The molecule has 0 aliphatic rings. The van der Waals surface area contributed by atoms with Crippen molar-refractivity contribution in [3.63, 3.8) is 0 Å². The minimum absolute atomic E-state index is 0.0112. The van der Waals surface area contributed by atoms with E-state index in [1.165, 1.54) is 24.3 Å². The molecule has 0 heterocycles. The van der Waals surface area contributed by atoms with Crippen molar-refractivity contribution in [2.24, 2.45) is 11.1 Å². The molecule has 25 heavy (non-hydrogen) atoms. The van der Waals surface area contributed by atoms with Crippen molar-refractivity contribution < 1.29 is 17.9 Å². The van der Waals surface area contributed by atoms with Crippen LogP contribution < -0.4 is 15.2 Å². The van der Waals surface area contributed by atoms with Gasteiger partial charge in [0.15, 0.2) is 0 Å². The number of anilines is 1. The van der Waals surface area contributed by atoms with Gasteiger partial charge in [0, 0.05) is 5.69 Å².